The predicted molar refractivity (Wildman–Crippen MR) is 70.7 cm³/mol. The van der Waals surface area contributed by atoms with Crippen LogP contribution in [0.2, 0.25) is 0 Å². The number of ether oxygens (including phenoxy) is 2. The Hall–Kier alpha value is -0.650. The summed E-state index contributed by atoms with van der Waals surface area (Å²) >= 11 is 0. The third-order valence-corrected chi connectivity index (χ3v) is 4.15. The van der Waals surface area contributed by atoms with E-state index in [1.165, 1.54) is 0 Å². The average molecular weight is 271 g/mol. The number of amides is 1. The fraction of sp³-hybridized carbons (Fsp3) is 0.929. The number of aliphatic hydroxyl groups is 1. The second-order valence-electron chi connectivity index (χ2n) is 5.75. The van der Waals surface area contributed by atoms with Gasteiger partial charge in [-0.05, 0) is 26.7 Å². The Kier molecular flexibility index (Phi) is 4.81. The van der Waals surface area contributed by atoms with E-state index in [2.05, 4.69) is 5.32 Å². The zero-order chi connectivity index (χ0) is 13.9. The summed E-state index contributed by atoms with van der Waals surface area (Å²) in [6.45, 7) is 5.61. The smallest absolute Gasteiger partial charge is 0.225 e. The van der Waals surface area contributed by atoms with Gasteiger partial charge in [-0.1, -0.05) is 0 Å². The Morgan fingerprint density at radius 3 is 2.89 bits per heavy atom. The molecule has 1 amide bonds. The summed E-state index contributed by atoms with van der Waals surface area (Å²) in [4.78, 5) is 12.1. The second-order valence-corrected chi connectivity index (χ2v) is 5.75. The highest BCUT2D eigenvalue weighted by atomic mass is 16.5. The lowest BCUT2D eigenvalue weighted by Gasteiger charge is -2.43. The molecule has 1 saturated heterocycles. The highest BCUT2D eigenvalue weighted by molar-refractivity contribution is 5.79. The van der Waals surface area contributed by atoms with E-state index in [0.717, 1.165) is 19.4 Å². The zero-order valence-corrected chi connectivity index (χ0v) is 11.9. The van der Waals surface area contributed by atoms with Crippen LogP contribution in [0.3, 0.4) is 0 Å². The molecule has 2 unspecified atom stereocenters. The summed E-state index contributed by atoms with van der Waals surface area (Å²) in [5.74, 6) is -0.0828. The highest BCUT2D eigenvalue weighted by Gasteiger charge is 2.43. The first-order valence-electron chi connectivity index (χ1n) is 7.27. The lowest BCUT2D eigenvalue weighted by Crippen LogP contribution is -2.56. The van der Waals surface area contributed by atoms with Crippen molar-refractivity contribution in [2.45, 2.75) is 57.3 Å². The molecule has 2 atom stereocenters. The predicted octanol–water partition coefficient (Wildman–Crippen LogP) is 0.848. The van der Waals surface area contributed by atoms with Gasteiger partial charge in [-0.15, -0.1) is 0 Å². The molecule has 19 heavy (non-hydrogen) atoms. The molecule has 2 N–H and O–H groups in total. The van der Waals surface area contributed by atoms with Crippen LogP contribution in [-0.4, -0.2) is 48.6 Å². The maximum atomic E-state index is 12.1. The van der Waals surface area contributed by atoms with E-state index in [0.29, 0.717) is 26.0 Å². The summed E-state index contributed by atoms with van der Waals surface area (Å²) < 4.78 is 10.9. The van der Waals surface area contributed by atoms with Gasteiger partial charge in [0.05, 0.1) is 23.7 Å². The largest absolute Gasteiger partial charge is 0.388 e. The van der Waals surface area contributed by atoms with Crippen LogP contribution in [0.5, 0.6) is 0 Å². The van der Waals surface area contributed by atoms with E-state index < -0.39 is 5.60 Å². The Bertz CT molecular complexity index is 315. The van der Waals surface area contributed by atoms with Gasteiger partial charge in [0.25, 0.3) is 0 Å². The van der Waals surface area contributed by atoms with Gasteiger partial charge in [0.2, 0.25) is 5.91 Å². The molecule has 2 rings (SSSR count). The molecule has 1 aliphatic heterocycles. The van der Waals surface area contributed by atoms with Gasteiger partial charge in [0, 0.05) is 32.6 Å². The van der Waals surface area contributed by atoms with E-state index >= 15 is 0 Å². The molecule has 0 aromatic heterocycles. The first-order chi connectivity index (χ1) is 9.04. The molecule has 110 valence electrons. The van der Waals surface area contributed by atoms with Gasteiger partial charge >= 0.3 is 0 Å². The van der Waals surface area contributed by atoms with Gasteiger partial charge in [-0.3, -0.25) is 4.79 Å². The van der Waals surface area contributed by atoms with Gasteiger partial charge in [-0.2, -0.15) is 0 Å². The Labute approximate surface area is 114 Å². The van der Waals surface area contributed by atoms with Crippen LogP contribution in [-0.2, 0) is 14.3 Å². The van der Waals surface area contributed by atoms with Crippen molar-refractivity contribution in [3.63, 3.8) is 0 Å². The van der Waals surface area contributed by atoms with Crippen molar-refractivity contribution in [2.24, 2.45) is 5.92 Å². The maximum absolute atomic E-state index is 12.1. The molecule has 1 aliphatic carbocycles. The third kappa shape index (κ3) is 3.68. The fourth-order valence-electron chi connectivity index (χ4n) is 2.94. The number of rotatable bonds is 5. The SMILES string of the molecule is CCOC1CC(O)(CNC(=O)C2CCCOC2C)C1. The molecule has 0 spiro atoms. The van der Waals surface area contributed by atoms with Crippen LogP contribution in [0.25, 0.3) is 0 Å². The van der Waals surface area contributed by atoms with Crippen molar-refractivity contribution in [2.75, 3.05) is 19.8 Å². The Morgan fingerprint density at radius 2 is 2.26 bits per heavy atom. The minimum Gasteiger partial charge on any atom is -0.388 e. The van der Waals surface area contributed by atoms with Gasteiger partial charge in [0.15, 0.2) is 0 Å². The van der Waals surface area contributed by atoms with Crippen LogP contribution in [0.1, 0.15) is 39.5 Å². The minimum atomic E-state index is -0.783. The molecule has 0 aromatic carbocycles. The van der Waals surface area contributed by atoms with E-state index in [9.17, 15) is 9.90 Å². The van der Waals surface area contributed by atoms with Crippen LogP contribution in [0, 0.1) is 5.92 Å². The Balaban J connectivity index is 1.72. The molecule has 5 nitrogen and oxygen atoms in total. The zero-order valence-electron chi connectivity index (χ0n) is 11.9. The summed E-state index contributed by atoms with van der Waals surface area (Å²) in [5, 5.41) is 13.1. The van der Waals surface area contributed by atoms with Crippen molar-refractivity contribution in [3.8, 4) is 0 Å². The molecule has 1 heterocycles. The quantitative estimate of drug-likeness (QED) is 0.778. The van der Waals surface area contributed by atoms with Crippen molar-refractivity contribution in [1.82, 2.24) is 5.32 Å². The normalized spacial score (nSPS) is 38.6. The molecule has 0 radical (unpaired) electrons. The van der Waals surface area contributed by atoms with Crippen molar-refractivity contribution in [3.05, 3.63) is 0 Å². The molecular weight excluding hydrogens is 246 g/mol. The molecule has 1 saturated carbocycles. The van der Waals surface area contributed by atoms with E-state index in [1.54, 1.807) is 0 Å². The maximum Gasteiger partial charge on any atom is 0.225 e. The highest BCUT2D eigenvalue weighted by Crippen LogP contribution is 2.34. The van der Waals surface area contributed by atoms with Crippen molar-refractivity contribution < 1.29 is 19.4 Å². The van der Waals surface area contributed by atoms with E-state index in [4.69, 9.17) is 9.47 Å². The molecule has 2 fully saturated rings. The van der Waals surface area contributed by atoms with Crippen LogP contribution in [0.15, 0.2) is 0 Å². The fourth-order valence-corrected chi connectivity index (χ4v) is 2.94. The number of hydrogen-bond acceptors (Lipinski definition) is 4. The minimum absolute atomic E-state index is 0.000449. The summed E-state index contributed by atoms with van der Waals surface area (Å²) in [5.41, 5.74) is -0.783. The van der Waals surface area contributed by atoms with Crippen LogP contribution >= 0.6 is 0 Å². The number of nitrogens with one attached hydrogen (secondary N) is 1. The summed E-state index contributed by atoms with van der Waals surface area (Å²) in [6, 6.07) is 0. The molecule has 2 aliphatic rings. The van der Waals surface area contributed by atoms with Crippen LogP contribution < -0.4 is 5.32 Å². The molecular formula is C14H25NO4. The average Bonchev–Trinajstić information content (AvgIpc) is 2.35. The second kappa shape index (κ2) is 6.20. The van der Waals surface area contributed by atoms with Gasteiger partial charge in [-0.25, -0.2) is 0 Å². The van der Waals surface area contributed by atoms with Gasteiger partial charge in [0.1, 0.15) is 0 Å². The summed E-state index contributed by atoms with van der Waals surface area (Å²) in [6.07, 6.45) is 3.13. The molecule has 0 bridgehead atoms. The van der Waals surface area contributed by atoms with Gasteiger partial charge < -0.3 is 19.9 Å². The number of carbonyl (C=O) groups is 1. The van der Waals surface area contributed by atoms with Crippen molar-refractivity contribution in [1.29, 1.82) is 0 Å². The lowest BCUT2D eigenvalue weighted by atomic mass is 9.77. The van der Waals surface area contributed by atoms with E-state index in [1.807, 2.05) is 13.8 Å². The standard InChI is InChI=1S/C14H25NO4/c1-3-18-11-7-14(17,8-11)9-15-13(16)12-5-4-6-19-10(12)2/h10-12,17H,3-9H2,1-2H3,(H,15,16). The number of hydrogen-bond donors (Lipinski definition) is 2. The monoisotopic (exact) mass is 271 g/mol. The molecule has 0 aromatic rings. The van der Waals surface area contributed by atoms with Crippen LogP contribution in [0.4, 0.5) is 0 Å². The number of carbonyl (C=O) groups excluding carboxylic acids is 1. The lowest BCUT2D eigenvalue weighted by molar-refractivity contribution is -0.146. The third-order valence-electron chi connectivity index (χ3n) is 4.15. The topological polar surface area (TPSA) is 67.8 Å². The van der Waals surface area contributed by atoms with Crippen molar-refractivity contribution >= 4 is 5.91 Å². The first kappa shape index (κ1) is 14.8. The first-order valence-corrected chi connectivity index (χ1v) is 7.27. The summed E-state index contributed by atoms with van der Waals surface area (Å²) in [7, 11) is 0. The van der Waals surface area contributed by atoms with E-state index in [-0.39, 0.29) is 24.0 Å². The Morgan fingerprint density at radius 1 is 1.53 bits per heavy atom. The molecule has 5 heteroatoms.